The molecular weight excluding hydrogens is 508 g/mol. The summed E-state index contributed by atoms with van der Waals surface area (Å²) in [5.74, 6) is 2.21. The fraction of sp³-hybridized carbons (Fsp3) is 0.400. The highest BCUT2D eigenvalue weighted by molar-refractivity contribution is 5.81. The first-order valence-electron chi connectivity index (χ1n) is 13.7. The fourth-order valence-corrected chi connectivity index (χ4v) is 5.22. The minimum Gasteiger partial charge on any atom is -0.458 e. The van der Waals surface area contributed by atoms with E-state index in [9.17, 15) is 14.7 Å². The van der Waals surface area contributed by atoms with Gasteiger partial charge in [-0.1, -0.05) is 6.42 Å². The highest BCUT2D eigenvalue weighted by Crippen LogP contribution is 2.40. The molecule has 2 aliphatic rings. The Morgan fingerprint density at radius 1 is 1.27 bits per heavy atom. The number of amides is 1. The number of hydrogen-bond acceptors (Lipinski definition) is 7. The topological polar surface area (TPSA) is 123 Å². The molecule has 0 bridgehead atoms. The van der Waals surface area contributed by atoms with Gasteiger partial charge in [0.15, 0.2) is 0 Å². The number of nitrogens with zero attached hydrogens (tertiary/aromatic N) is 4. The van der Waals surface area contributed by atoms with E-state index >= 15 is 0 Å². The van der Waals surface area contributed by atoms with Crippen molar-refractivity contribution in [3.63, 3.8) is 0 Å². The monoisotopic (exact) mass is 544 g/mol. The number of aliphatic hydroxyl groups is 1. The number of aryl methyl sites for hydroxylation is 1. The molecule has 0 radical (unpaired) electrons. The van der Waals surface area contributed by atoms with Crippen LogP contribution in [-0.4, -0.2) is 38.0 Å². The van der Waals surface area contributed by atoms with Gasteiger partial charge >= 0.3 is 0 Å². The molecule has 1 amide bonds. The molecule has 10 heteroatoms. The minimum atomic E-state index is -0.354. The van der Waals surface area contributed by atoms with E-state index in [1.54, 1.807) is 16.7 Å². The lowest BCUT2D eigenvalue weighted by molar-refractivity contribution is -0.118. The van der Waals surface area contributed by atoms with Crippen LogP contribution in [0.4, 0.5) is 11.6 Å². The lowest BCUT2D eigenvalue weighted by atomic mass is 10.1. The zero-order valence-electron chi connectivity index (χ0n) is 23.2. The largest absolute Gasteiger partial charge is 0.458 e. The Morgan fingerprint density at radius 2 is 2.08 bits per heavy atom. The predicted octanol–water partition coefficient (Wildman–Crippen LogP) is 4.48. The van der Waals surface area contributed by atoms with Crippen molar-refractivity contribution in [1.82, 2.24) is 19.4 Å². The molecule has 2 aliphatic carbocycles. The molecule has 210 valence electrons. The van der Waals surface area contributed by atoms with Gasteiger partial charge in [-0.15, -0.1) is 0 Å². The number of aromatic nitrogens is 3. The molecule has 2 atom stereocenters. The van der Waals surface area contributed by atoms with Crippen LogP contribution in [0.1, 0.15) is 57.4 Å². The minimum absolute atomic E-state index is 0.0997. The average molecular weight is 545 g/mol. The van der Waals surface area contributed by atoms with Crippen LogP contribution in [0.3, 0.4) is 0 Å². The molecule has 2 aromatic heterocycles. The van der Waals surface area contributed by atoms with Crippen LogP contribution in [0.2, 0.25) is 0 Å². The summed E-state index contributed by atoms with van der Waals surface area (Å²) < 4.78 is 9.69. The number of carbonyl (C=O) groups is 1. The van der Waals surface area contributed by atoms with Gasteiger partial charge < -0.3 is 29.6 Å². The van der Waals surface area contributed by atoms with Gasteiger partial charge in [0.25, 0.3) is 5.56 Å². The molecule has 5 rings (SSSR count). The third kappa shape index (κ3) is 6.02. The van der Waals surface area contributed by atoms with Gasteiger partial charge in [0.1, 0.15) is 23.0 Å². The highest BCUT2D eigenvalue weighted by Gasteiger charge is 2.29. The lowest BCUT2D eigenvalue weighted by Crippen LogP contribution is -2.29. The molecule has 1 aromatic carbocycles. The van der Waals surface area contributed by atoms with Crippen LogP contribution in [0.5, 0.6) is 5.75 Å². The van der Waals surface area contributed by atoms with Crippen LogP contribution < -0.4 is 20.9 Å². The quantitative estimate of drug-likeness (QED) is 0.197. The van der Waals surface area contributed by atoms with E-state index in [1.165, 1.54) is 6.92 Å². The number of ether oxygens (including phenoxy) is 1. The van der Waals surface area contributed by atoms with Gasteiger partial charge in [-0.2, -0.15) is 0 Å². The average Bonchev–Trinajstić information content (AvgIpc) is 3.64. The molecule has 2 heterocycles. The second-order valence-electron chi connectivity index (χ2n) is 10.6. The maximum Gasteiger partial charge on any atom is 0.274 e. The van der Waals surface area contributed by atoms with Crippen molar-refractivity contribution in [3.8, 4) is 5.75 Å². The number of fused-ring (bicyclic) bond motifs is 1. The number of nitrogens with one attached hydrogen (secondary N) is 2. The molecule has 2 unspecified atom stereocenters. The molecular formula is C30H36N6O4. The van der Waals surface area contributed by atoms with E-state index < -0.39 is 0 Å². The molecule has 2 saturated carbocycles. The Bertz CT molecular complexity index is 1560. The first-order chi connectivity index (χ1) is 19.2. The normalized spacial score (nSPS) is 19.6. The second-order valence-corrected chi connectivity index (χ2v) is 10.6. The number of aliphatic hydroxyl groups excluding tert-OH is 1. The summed E-state index contributed by atoms with van der Waals surface area (Å²) in [5.41, 5.74) is 3.07. The second kappa shape index (κ2) is 11.5. The summed E-state index contributed by atoms with van der Waals surface area (Å²) in [6, 6.07) is 7.47. The third-order valence-electron chi connectivity index (χ3n) is 7.58. The van der Waals surface area contributed by atoms with Crippen molar-refractivity contribution in [2.75, 3.05) is 5.32 Å². The van der Waals surface area contributed by atoms with E-state index in [-0.39, 0.29) is 29.3 Å². The smallest absolute Gasteiger partial charge is 0.274 e. The van der Waals surface area contributed by atoms with Crippen LogP contribution in [-0.2, 0) is 18.4 Å². The Labute approximate surface area is 233 Å². The van der Waals surface area contributed by atoms with Gasteiger partial charge in [-0.05, 0) is 75.1 Å². The molecule has 0 spiro atoms. The van der Waals surface area contributed by atoms with Crippen LogP contribution in [0.25, 0.3) is 11.0 Å². The number of imidazole rings is 1. The molecule has 40 heavy (non-hydrogen) atoms. The van der Waals surface area contributed by atoms with Gasteiger partial charge in [0.05, 0.1) is 17.1 Å². The summed E-state index contributed by atoms with van der Waals surface area (Å²) in [5, 5.41) is 16.2. The van der Waals surface area contributed by atoms with E-state index in [0.29, 0.717) is 35.6 Å². The van der Waals surface area contributed by atoms with E-state index in [1.807, 2.05) is 49.0 Å². The van der Waals surface area contributed by atoms with E-state index in [4.69, 9.17) is 9.72 Å². The highest BCUT2D eigenvalue weighted by atomic mass is 16.5. The Hall–Kier alpha value is -4.18. The maximum atomic E-state index is 13.5. The summed E-state index contributed by atoms with van der Waals surface area (Å²) in [7, 11) is 1.88. The number of anilines is 2. The van der Waals surface area contributed by atoms with Gasteiger partial charge in [0, 0.05) is 44.8 Å². The van der Waals surface area contributed by atoms with E-state index in [0.717, 1.165) is 48.7 Å². The number of allylic oxidation sites excluding steroid dienone is 2. The van der Waals surface area contributed by atoms with Crippen molar-refractivity contribution < 1.29 is 14.6 Å². The molecule has 0 aliphatic heterocycles. The van der Waals surface area contributed by atoms with Crippen molar-refractivity contribution in [1.29, 1.82) is 0 Å². The predicted molar refractivity (Wildman–Crippen MR) is 156 cm³/mol. The fourth-order valence-electron chi connectivity index (χ4n) is 5.22. The lowest BCUT2D eigenvalue weighted by Gasteiger charge is -2.18. The van der Waals surface area contributed by atoms with Gasteiger partial charge in [0.2, 0.25) is 11.9 Å². The zero-order valence-corrected chi connectivity index (χ0v) is 23.2. The Morgan fingerprint density at radius 3 is 2.73 bits per heavy atom. The summed E-state index contributed by atoms with van der Waals surface area (Å²) >= 11 is 0. The summed E-state index contributed by atoms with van der Waals surface area (Å²) in [6.45, 7) is 7.22. The van der Waals surface area contributed by atoms with E-state index in [2.05, 4.69) is 22.3 Å². The number of aliphatic imine (C=N–C) groups is 1. The van der Waals surface area contributed by atoms with Crippen molar-refractivity contribution in [2.24, 2.45) is 18.0 Å². The molecule has 3 aromatic rings. The van der Waals surface area contributed by atoms with Gasteiger partial charge in [-0.25, -0.2) is 9.98 Å². The standard InChI is InChI=1S/C30H36N6O4/c1-5-22(15-28(31-3)32-18(2)37)40-23-11-12-24-26(14-23)35(4)30(33-24)34-25-13-21(19-9-10-19)17-36(29(25)39)16-20-7-6-8-27(20)38/h5,11-15,17,19-20,27,38H,3,6-10,16H2,1-2,4H3,(H,32,37)(H,33,34)/b22-5+,28-15+. The Kier molecular flexibility index (Phi) is 7.88. The number of pyridine rings is 1. The number of rotatable bonds is 10. The van der Waals surface area contributed by atoms with Crippen LogP contribution in [0.15, 0.2) is 64.0 Å². The van der Waals surface area contributed by atoms with Crippen LogP contribution >= 0.6 is 0 Å². The van der Waals surface area contributed by atoms with Crippen LogP contribution in [0, 0.1) is 5.92 Å². The molecule has 3 N–H and O–H groups in total. The Balaban J connectivity index is 1.41. The third-order valence-corrected chi connectivity index (χ3v) is 7.58. The summed E-state index contributed by atoms with van der Waals surface area (Å²) in [4.78, 5) is 33.4. The zero-order chi connectivity index (χ0) is 28.4. The van der Waals surface area contributed by atoms with Crippen molar-refractivity contribution in [2.45, 2.75) is 64.5 Å². The van der Waals surface area contributed by atoms with Crippen molar-refractivity contribution >= 4 is 35.3 Å². The molecule has 2 fully saturated rings. The van der Waals surface area contributed by atoms with Crippen molar-refractivity contribution in [3.05, 3.63) is 70.1 Å². The maximum absolute atomic E-state index is 13.5. The number of carbonyl (C=O) groups excluding carboxylic acids is 1. The SMILES string of the molecule is C=N/C(=C\C(=C/C)Oc1ccc2nc(Nc3cc(C4CC4)cn(CC4CCCC4O)c3=O)n(C)c2c1)NC(C)=O. The first-order valence-corrected chi connectivity index (χ1v) is 13.7. The molecule has 0 saturated heterocycles. The molecule has 10 nitrogen and oxygen atoms in total. The number of hydrogen-bond donors (Lipinski definition) is 3. The number of benzene rings is 1. The first kappa shape index (κ1) is 27.4. The van der Waals surface area contributed by atoms with Gasteiger partial charge in [-0.3, -0.25) is 9.59 Å². The summed E-state index contributed by atoms with van der Waals surface area (Å²) in [6.07, 6.45) is 9.94.